The molecule has 0 amide bonds. The van der Waals surface area contributed by atoms with Crippen LogP contribution in [0.5, 0.6) is 0 Å². The second-order valence-corrected chi connectivity index (χ2v) is 11.0. The number of carbonyl (C=O) groups excluding carboxylic acids is 3. The lowest BCUT2D eigenvalue weighted by molar-refractivity contribution is -0.214. The lowest BCUT2D eigenvalue weighted by Gasteiger charge is -2.62. The molecule has 2 aliphatic heterocycles. The second-order valence-electron chi connectivity index (χ2n) is 11.0. The van der Waals surface area contributed by atoms with Gasteiger partial charge in [0.15, 0.2) is 0 Å². The number of esters is 3. The molecule has 7 nitrogen and oxygen atoms in total. The van der Waals surface area contributed by atoms with E-state index < -0.39 is 5.41 Å². The summed E-state index contributed by atoms with van der Waals surface area (Å²) in [4.78, 5) is 36.6. The summed E-state index contributed by atoms with van der Waals surface area (Å²) >= 11 is 0. The van der Waals surface area contributed by atoms with Gasteiger partial charge < -0.3 is 18.9 Å². The van der Waals surface area contributed by atoms with Crippen LogP contribution in [-0.4, -0.2) is 48.9 Å². The first-order valence-corrected chi connectivity index (χ1v) is 12.5. The summed E-state index contributed by atoms with van der Waals surface area (Å²) in [6.45, 7) is 10.8. The first kappa shape index (κ1) is 24.2. The fourth-order valence-electron chi connectivity index (χ4n) is 7.34. The van der Waals surface area contributed by atoms with E-state index in [1.165, 1.54) is 0 Å². The van der Waals surface area contributed by atoms with Crippen molar-refractivity contribution in [3.05, 3.63) is 11.6 Å². The molecular weight excluding hydrogens is 424 g/mol. The third-order valence-electron chi connectivity index (χ3n) is 9.09. The Kier molecular flexibility index (Phi) is 6.40. The maximum absolute atomic E-state index is 12.3. The Labute approximate surface area is 196 Å². The third kappa shape index (κ3) is 4.00. The van der Waals surface area contributed by atoms with Crippen LogP contribution >= 0.6 is 0 Å². The van der Waals surface area contributed by atoms with Crippen LogP contribution in [0.2, 0.25) is 0 Å². The molecule has 2 heterocycles. The molecule has 0 aromatic rings. The minimum absolute atomic E-state index is 0.0900. The Morgan fingerprint density at radius 1 is 1.06 bits per heavy atom. The van der Waals surface area contributed by atoms with Gasteiger partial charge in [0.25, 0.3) is 0 Å². The SMILES string of the molecule is CCC(=O)OC[C@@]1(C)[C@H]2CC[C@@]3(C)OC(C4=CCOC4=O)CC3[C@]2(C)CC[C@H]1OC(=O)CC. The molecule has 0 aromatic carbocycles. The quantitative estimate of drug-likeness (QED) is 0.433. The smallest absolute Gasteiger partial charge is 0.336 e. The van der Waals surface area contributed by atoms with Crippen molar-refractivity contribution in [2.24, 2.45) is 22.7 Å². The van der Waals surface area contributed by atoms with Gasteiger partial charge in [-0.05, 0) is 62.4 Å². The number of hydrogen-bond acceptors (Lipinski definition) is 7. The molecule has 7 atom stereocenters. The van der Waals surface area contributed by atoms with E-state index in [9.17, 15) is 14.4 Å². The van der Waals surface area contributed by atoms with Crippen molar-refractivity contribution in [3.8, 4) is 0 Å². The van der Waals surface area contributed by atoms with Gasteiger partial charge in [0, 0.05) is 18.3 Å². The van der Waals surface area contributed by atoms with E-state index in [2.05, 4.69) is 20.8 Å². The number of cyclic esters (lactones) is 1. The predicted octanol–water partition coefficient (Wildman–Crippen LogP) is 4.12. The van der Waals surface area contributed by atoms with Gasteiger partial charge in [-0.15, -0.1) is 0 Å². The van der Waals surface area contributed by atoms with E-state index in [-0.39, 0.29) is 59.6 Å². The summed E-state index contributed by atoms with van der Waals surface area (Å²) in [6, 6.07) is 0. The summed E-state index contributed by atoms with van der Waals surface area (Å²) in [6.07, 6.45) is 6.09. The summed E-state index contributed by atoms with van der Waals surface area (Å²) in [5, 5.41) is 0. The predicted molar refractivity (Wildman–Crippen MR) is 120 cm³/mol. The molecule has 7 heteroatoms. The molecule has 0 radical (unpaired) electrons. The van der Waals surface area contributed by atoms with Crippen molar-refractivity contribution in [1.29, 1.82) is 0 Å². The van der Waals surface area contributed by atoms with Gasteiger partial charge in [-0.25, -0.2) is 4.79 Å². The molecule has 2 saturated carbocycles. The Morgan fingerprint density at radius 2 is 1.79 bits per heavy atom. The zero-order valence-electron chi connectivity index (χ0n) is 20.6. The molecule has 0 N–H and O–H groups in total. The standard InChI is InChI=1S/C26H38O7/c1-6-21(27)31-15-25(4)18-8-12-26(5)19(14-17(33-26)16-10-13-30-23(16)29)24(18,3)11-9-20(25)32-22(28)7-2/h10,17-20H,6-9,11-15H2,1-5H3/t17?,18-,19?,20+,24+,25-,26+/m0/s1. The molecule has 4 aliphatic rings. The Bertz CT molecular complexity index is 850. The fraction of sp³-hybridized carbons (Fsp3) is 0.808. The number of carbonyl (C=O) groups is 3. The van der Waals surface area contributed by atoms with E-state index in [4.69, 9.17) is 18.9 Å². The van der Waals surface area contributed by atoms with E-state index >= 15 is 0 Å². The Balaban J connectivity index is 1.64. The third-order valence-corrected chi connectivity index (χ3v) is 9.09. The average molecular weight is 463 g/mol. The number of rotatable bonds is 6. The van der Waals surface area contributed by atoms with Crippen molar-refractivity contribution < 1.29 is 33.3 Å². The summed E-state index contributed by atoms with van der Waals surface area (Å²) in [5.41, 5.74) is -0.245. The van der Waals surface area contributed by atoms with Crippen LogP contribution in [0.1, 0.15) is 79.6 Å². The zero-order chi connectivity index (χ0) is 24.0. The van der Waals surface area contributed by atoms with Crippen LogP contribution in [0, 0.1) is 22.7 Å². The number of fused-ring (bicyclic) bond motifs is 3. The number of hydrogen-bond donors (Lipinski definition) is 0. The summed E-state index contributed by atoms with van der Waals surface area (Å²) in [5.74, 6) is -0.278. The zero-order valence-corrected chi connectivity index (χ0v) is 20.6. The van der Waals surface area contributed by atoms with Crippen LogP contribution in [0.4, 0.5) is 0 Å². The highest BCUT2D eigenvalue weighted by Gasteiger charge is 2.66. The fourth-order valence-corrected chi connectivity index (χ4v) is 7.34. The number of ether oxygens (including phenoxy) is 4. The van der Waals surface area contributed by atoms with Gasteiger partial charge in [-0.3, -0.25) is 9.59 Å². The molecule has 4 rings (SSSR count). The first-order valence-electron chi connectivity index (χ1n) is 12.5. The van der Waals surface area contributed by atoms with Gasteiger partial charge in [-0.1, -0.05) is 27.7 Å². The molecule has 2 aliphatic carbocycles. The molecule has 0 aromatic heterocycles. The monoisotopic (exact) mass is 462 g/mol. The molecule has 2 unspecified atom stereocenters. The lowest BCUT2D eigenvalue weighted by atomic mass is 9.44. The van der Waals surface area contributed by atoms with Crippen LogP contribution in [0.3, 0.4) is 0 Å². The molecule has 184 valence electrons. The second kappa shape index (κ2) is 8.71. The highest BCUT2D eigenvalue weighted by molar-refractivity contribution is 5.91. The van der Waals surface area contributed by atoms with E-state index in [0.717, 1.165) is 32.1 Å². The van der Waals surface area contributed by atoms with Crippen molar-refractivity contribution >= 4 is 17.9 Å². The van der Waals surface area contributed by atoms with Crippen molar-refractivity contribution in [1.82, 2.24) is 0 Å². The summed E-state index contributed by atoms with van der Waals surface area (Å²) in [7, 11) is 0. The first-order chi connectivity index (χ1) is 15.6. The minimum Gasteiger partial charge on any atom is -0.465 e. The molecular formula is C26H38O7. The van der Waals surface area contributed by atoms with Gasteiger partial charge in [0.1, 0.15) is 19.3 Å². The topological polar surface area (TPSA) is 88.1 Å². The normalized spacial score (nSPS) is 42.1. The van der Waals surface area contributed by atoms with Crippen LogP contribution in [-0.2, 0) is 33.3 Å². The van der Waals surface area contributed by atoms with Gasteiger partial charge in [0.2, 0.25) is 0 Å². The van der Waals surface area contributed by atoms with Crippen LogP contribution < -0.4 is 0 Å². The van der Waals surface area contributed by atoms with Crippen LogP contribution in [0.15, 0.2) is 11.6 Å². The average Bonchev–Trinajstić information content (AvgIpc) is 3.37. The molecule has 0 spiro atoms. The molecule has 1 saturated heterocycles. The molecule has 33 heavy (non-hydrogen) atoms. The Morgan fingerprint density at radius 3 is 2.42 bits per heavy atom. The highest BCUT2D eigenvalue weighted by atomic mass is 16.6. The van der Waals surface area contributed by atoms with Crippen molar-refractivity contribution in [2.75, 3.05) is 13.2 Å². The Hall–Kier alpha value is -1.89. The largest absolute Gasteiger partial charge is 0.465 e. The maximum Gasteiger partial charge on any atom is 0.336 e. The maximum atomic E-state index is 12.3. The van der Waals surface area contributed by atoms with E-state index in [0.29, 0.717) is 25.0 Å². The lowest BCUT2D eigenvalue weighted by Crippen LogP contribution is -2.62. The van der Waals surface area contributed by atoms with E-state index in [1.807, 2.05) is 6.08 Å². The minimum atomic E-state index is -0.479. The highest BCUT2D eigenvalue weighted by Crippen LogP contribution is 2.66. The molecule has 3 fully saturated rings. The van der Waals surface area contributed by atoms with E-state index in [1.54, 1.807) is 13.8 Å². The van der Waals surface area contributed by atoms with Crippen molar-refractivity contribution in [3.63, 3.8) is 0 Å². The van der Waals surface area contributed by atoms with Gasteiger partial charge in [0.05, 0.1) is 17.3 Å². The molecule has 0 bridgehead atoms. The van der Waals surface area contributed by atoms with Gasteiger partial charge in [-0.2, -0.15) is 0 Å². The van der Waals surface area contributed by atoms with Gasteiger partial charge >= 0.3 is 17.9 Å². The summed E-state index contributed by atoms with van der Waals surface area (Å²) < 4.78 is 23.4. The van der Waals surface area contributed by atoms with Crippen LogP contribution in [0.25, 0.3) is 0 Å². The van der Waals surface area contributed by atoms with Crippen molar-refractivity contribution in [2.45, 2.75) is 97.4 Å².